The minimum absolute atomic E-state index is 0.102. The van der Waals surface area contributed by atoms with Gasteiger partial charge in [0.25, 0.3) is 0 Å². The summed E-state index contributed by atoms with van der Waals surface area (Å²) in [6, 6.07) is 1.49. The number of amides is 1. The molecule has 2 N–H and O–H groups in total. The van der Waals surface area contributed by atoms with Gasteiger partial charge in [-0.1, -0.05) is 20.8 Å². The van der Waals surface area contributed by atoms with Crippen molar-refractivity contribution in [3.05, 3.63) is 22.7 Å². The fourth-order valence-corrected chi connectivity index (χ4v) is 2.42. The Hall–Kier alpha value is -2.26. The number of hydrogen-bond acceptors (Lipinski definition) is 7. The van der Waals surface area contributed by atoms with Crippen molar-refractivity contribution in [3.8, 4) is 0 Å². The van der Waals surface area contributed by atoms with Gasteiger partial charge in [0.1, 0.15) is 24.8 Å². The Labute approximate surface area is 164 Å². The van der Waals surface area contributed by atoms with E-state index in [1.54, 1.807) is 41.5 Å². The van der Waals surface area contributed by atoms with Crippen LogP contribution in [0.25, 0.3) is 0 Å². The predicted octanol–water partition coefficient (Wildman–Crippen LogP) is 1.47. The molecule has 1 aromatic heterocycles. The van der Waals surface area contributed by atoms with Crippen molar-refractivity contribution in [2.24, 2.45) is 10.8 Å². The van der Waals surface area contributed by atoms with Gasteiger partial charge in [0.05, 0.1) is 11.5 Å². The Morgan fingerprint density at radius 3 is 2.46 bits per heavy atom. The molecule has 3 atom stereocenters. The lowest BCUT2D eigenvalue weighted by Gasteiger charge is -2.20. The fourth-order valence-electron chi connectivity index (χ4n) is 2.42. The number of ether oxygens (including phenoxy) is 2. The van der Waals surface area contributed by atoms with Gasteiger partial charge in [0.15, 0.2) is 0 Å². The van der Waals surface area contributed by atoms with E-state index in [0.29, 0.717) is 0 Å². The zero-order chi connectivity index (χ0) is 21.3. The van der Waals surface area contributed by atoms with Crippen LogP contribution in [0.1, 0.15) is 54.2 Å². The highest BCUT2D eigenvalue weighted by atomic mass is 16.6. The smallest absolute Gasteiger partial charge is 0.351 e. The zero-order valence-corrected chi connectivity index (χ0v) is 17.2. The van der Waals surface area contributed by atoms with Crippen molar-refractivity contribution in [1.29, 1.82) is 0 Å². The quantitative estimate of drug-likeness (QED) is 0.741. The van der Waals surface area contributed by atoms with E-state index in [9.17, 15) is 19.5 Å². The van der Waals surface area contributed by atoms with E-state index in [1.807, 2.05) is 0 Å². The number of hydrogen-bond donors (Lipinski definition) is 2. The van der Waals surface area contributed by atoms with Crippen LogP contribution in [0.15, 0.2) is 17.1 Å². The highest BCUT2D eigenvalue weighted by molar-refractivity contribution is 5.93. The molecule has 1 saturated heterocycles. The molecule has 2 heterocycles. The maximum absolute atomic E-state index is 12.3. The molecule has 1 aliphatic heterocycles. The van der Waals surface area contributed by atoms with Crippen molar-refractivity contribution in [2.75, 3.05) is 11.9 Å². The molecule has 9 nitrogen and oxygen atoms in total. The van der Waals surface area contributed by atoms with Gasteiger partial charge in [-0.2, -0.15) is 4.98 Å². The van der Waals surface area contributed by atoms with Gasteiger partial charge < -0.3 is 19.9 Å². The summed E-state index contributed by atoms with van der Waals surface area (Å²) >= 11 is 0. The minimum Gasteiger partial charge on any atom is -0.462 e. The van der Waals surface area contributed by atoms with Crippen LogP contribution in [0.2, 0.25) is 0 Å². The van der Waals surface area contributed by atoms with E-state index in [2.05, 4.69) is 10.3 Å². The molecule has 0 saturated carbocycles. The average Bonchev–Trinajstić information content (AvgIpc) is 2.91. The number of anilines is 1. The van der Waals surface area contributed by atoms with Crippen molar-refractivity contribution >= 4 is 17.7 Å². The number of aliphatic hydroxyl groups is 1. The Morgan fingerprint density at radius 2 is 1.93 bits per heavy atom. The van der Waals surface area contributed by atoms with E-state index in [-0.39, 0.29) is 24.8 Å². The monoisotopic (exact) mass is 395 g/mol. The van der Waals surface area contributed by atoms with Crippen LogP contribution in [0, 0.1) is 10.8 Å². The maximum atomic E-state index is 12.3. The summed E-state index contributed by atoms with van der Waals surface area (Å²) in [4.78, 5) is 40.1. The lowest BCUT2D eigenvalue weighted by Crippen LogP contribution is -2.32. The third-order valence-electron chi connectivity index (χ3n) is 4.26. The summed E-state index contributed by atoms with van der Waals surface area (Å²) < 4.78 is 12.1. The first-order valence-corrected chi connectivity index (χ1v) is 9.20. The molecule has 0 spiro atoms. The third kappa shape index (κ3) is 5.39. The second-order valence-corrected chi connectivity index (χ2v) is 8.99. The Kier molecular flexibility index (Phi) is 6.30. The first kappa shape index (κ1) is 22.0. The van der Waals surface area contributed by atoms with Gasteiger partial charge in [-0.3, -0.25) is 14.2 Å². The molecule has 1 unspecified atom stereocenters. The van der Waals surface area contributed by atoms with Crippen LogP contribution < -0.4 is 11.0 Å². The summed E-state index contributed by atoms with van der Waals surface area (Å²) in [7, 11) is 0. The number of carbonyl (C=O) groups is 2. The highest BCUT2D eigenvalue weighted by Crippen LogP contribution is 2.28. The number of rotatable bonds is 4. The molecule has 9 heteroatoms. The molecule has 1 aromatic rings. The van der Waals surface area contributed by atoms with E-state index in [1.165, 1.54) is 16.8 Å². The molecular formula is C19H29N3O6. The number of nitrogens with one attached hydrogen (secondary N) is 1. The van der Waals surface area contributed by atoms with Crippen LogP contribution in [0.3, 0.4) is 0 Å². The van der Waals surface area contributed by atoms with Crippen LogP contribution in [0.5, 0.6) is 0 Å². The van der Waals surface area contributed by atoms with Crippen molar-refractivity contribution in [1.82, 2.24) is 9.55 Å². The molecule has 0 aromatic carbocycles. The molecule has 28 heavy (non-hydrogen) atoms. The average molecular weight is 395 g/mol. The number of aromatic nitrogens is 2. The first-order chi connectivity index (χ1) is 12.8. The summed E-state index contributed by atoms with van der Waals surface area (Å²) in [6.45, 7) is 10.4. The third-order valence-corrected chi connectivity index (χ3v) is 4.26. The van der Waals surface area contributed by atoms with E-state index < -0.39 is 40.9 Å². The minimum atomic E-state index is -0.884. The molecule has 0 radical (unpaired) electrons. The first-order valence-electron chi connectivity index (χ1n) is 9.20. The highest BCUT2D eigenvalue weighted by Gasteiger charge is 2.37. The summed E-state index contributed by atoms with van der Waals surface area (Å²) in [5.74, 6) is -0.509. The molecule has 1 aliphatic rings. The van der Waals surface area contributed by atoms with Crippen LogP contribution in [0.4, 0.5) is 5.82 Å². The largest absolute Gasteiger partial charge is 0.462 e. The number of esters is 1. The molecular weight excluding hydrogens is 366 g/mol. The van der Waals surface area contributed by atoms with Gasteiger partial charge in [0, 0.05) is 18.0 Å². The van der Waals surface area contributed by atoms with E-state index in [4.69, 9.17) is 9.47 Å². The van der Waals surface area contributed by atoms with E-state index in [0.717, 1.165) is 0 Å². The maximum Gasteiger partial charge on any atom is 0.351 e. The fraction of sp³-hybridized carbons (Fsp3) is 0.684. The van der Waals surface area contributed by atoms with Crippen LogP contribution >= 0.6 is 0 Å². The Morgan fingerprint density at radius 1 is 1.29 bits per heavy atom. The van der Waals surface area contributed by atoms with Crippen molar-refractivity contribution in [3.63, 3.8) is 0 Å². The number of nitrogens with zero attached hydrogens (tertiary/aromatic N) is 2. The topological polar surface area (TPSA) is 120 Å². The van der Waals surface area contributed by atoms with Crippen LogP contribution in [-0.2, 0) is 19.1 Å². The number of aliphatic hydroxyl groups excluding tert-OH is 1. The second kappa shape index (κ2) is 8.00. The summed E-state index contributed by atoms with van der Waals surface area (Å²) in [5.41, 5.74) is -1.89. The van der Waals surface area contributed by atoms with Crippen LogP contribution in [-0.4, -0.2) is 45.3 Å². The molecule has 0 bridgehead atoms. The lowest BCUT2D eigenvalue weighted by molar-refractivity contribution is -0.159. The van der Waals surface area contributed by atoms with Gasteiger partial charge in [-0.25, -0.2) is 4.79 Å². The molecule has 1 amide bonds. The standard InChI is InChI=1S/C19H29N3O6/c1-18(2,3)15(24)20-13-7-8-22(17(26)21-13)14-9-11(23)12(28-14)10-27-16(25)19(4,5)6/h7-8,11-12,14,23H,9-10H2,1-6H3,(H,20,21,24,26)/t11?,12-,14-/m1/s1. The second-order valence-electron chi connectivity index (χ2n) is 8.99. The molecule has 2 rings (SSSR count). The Bertz CT molecular complexity index is 790. The van der Waals surface area contributed by atoms with Gasteiger partial charge in [0.2, 0.25) is 5.91 Å². The zero-order valence-electron chi connectivity index (χ0n) is 17.2. The molecule has 0 aliphatic carbocycles. The summed E-state index contributed by atoms with van der Waals surface area (Å²) in [5, 5.41) is 12.8. The molecule has 1 fully saturated rings. The normalized spacial score (nSPS) is 22.8. The molecule has 156 valence electrons. The van der Waals surface area contributed by atoms with Gasteiger partial charge in [-0.15, -0.1) is 0 Å². The van der Waals surface area contributed by atoms with Gasteiger partial charge >= 0.3 is 11.7 Å². The van der Waals surface area contributed by atoms with Crippen molar-refractivity contribution in [2.45, 2.75) is 66.4 Å². The summed E-state index contributed by atoms with van der Waals surface area (Å²) in [6.07, 6.45) is -0.740. The van der Waals surface area contributed by atoms with Gasteiger partial charge in [-0.05, 0) is 26.8 Å². The predicted molar refractivity (Wildman–Crippen MR) is 102 cm³/mol. The van der Waals surface area contributed by atoms with Crippen molar-refractivity contribution < 1.29 is 24.2 Å². The SMILES string of the molecule is CC(C)(C)C(=O)Nc1ccn([C@H]2CC(O)[C@@H](COC(=O)C(C)(C)C)O2)c(=O)n1. The van der Waals surface area contributed by atoms with E-state index >= 15 is 0 Å². The lowest BCUT2D eigenvalue weighted by atomic mass is 9.96. The number of carbonyl (C=O) groups excluding carboxylic acids is 2. The Balaban J connectivity index is 2.03.